The zero-order valence-corrected chi connectivity index (χ0v) is 9.49. The lowest BCUT2D eigenvalue weighted by Gasteiger charge is -2.34. The second-order valence-corrected chi connectivity index (χ2v) is 9.97. The van der Waals surface area contributed by atoms with E-state index in [0.717, 1.165) is 6.16 Å². The lowest BCUT2D eigenvalue weighted by atomic mass is 9.94. The third kappa shape index (κ3) is 2.09. The van der Waals surface area contributed by atoms with Gasteiger partial charge in [0.2, 0.25) is 0 Å². The van der Waals surface area contributed by atoms with Crippen LogP contribution < -0.4 is 0 Å². The van der Waals surface area contributed by atoms with E-state index in [4.69, 9.17) is 6.42 Å². The van der Waals surface area contributed by atoms with Crippen LogP contribution >= 0.6 is 17.7 Å². The van der Waals surface area contributed by atoms with Crippen molar-refractivity contribution in [3.63, 3.8) is 0 Å². The molecule has 1 fully saturated rings. The summed E-state index contributed by atoms with van der Waals surface area (Å²) in [6.45, 7) is 6.06. The summed E-state index contributed by atoms with van der Waals surface area (Å²) in [5, 5.41) is 0.356. The minimum Gasteiger partial charge on any atom is -0.312 e. The molecule has 0 aliphatic carbocycles. The summed E-state index contributed by atoms with van der Waals surface area (Å²) >= 11 is 1.59. The molecule has 4 atom stereocenters. The van der Waals surface area contributed by atoms with Gasteiger partial charge in [-0.3, -0.25) is 0 Å². The van der Waals surface area contributed by atoms with E-state index in [1.54, 1.807) is 11.4 Å². The molecule has 0 spiro atoms. The summed E-state index contributed by atoms with van der Waals surface area (Å²) in [5.74, 6) is 3.52. The summed E-state index contributed by atoms with van der Waals surface area (Å²) < 4.78 is 11.8. The molecule has 68 valence electrons. The number of rotatable bonds is 0. The summed E-state index contributed by atoms with van der Waals surface area (Å²) in [5.41, 5.74) is 0. The molecule has 4 unspecified atom stereocenters. The smallest absolute Gasteiger partial charge is 0.136 e. The first kappa shape index (κ1) is 10.2. The summed E-state index contributed by atoms with van der Waals surface area (Å²) in [7, 11) is 0. The van der Waals surface area contributed by atoms with Crippen LogP contribution in [0.2, 0.25) is 0 Å². The molecular formula is C9H15OPS. The van der Waals surface area contributed by atoms with Gasteiger partial charge in [-0.25, -0.2) is 0 Å². The van der Waals surface area contributed by atoms with Crippen LogP contribution in [-0.2, 0) is 4.57 Å². The predicted octanol–water partition coefficient (Wildman–Crippen LogP) is 2.92. The maximum atomic E-state index is 11.8. The van der Waals surface area contributed by atoms with Crippen molar-refractivity contribution in [1.82, 2.24) is 0 Å². The van der Waals surface area contributed by atoms with Gasteiger partial charge in [0.1, 0.15) is 6.34 Å². The monoisotopic (exact) mass is 202 g/mol. The normalized spacial score (nSPS) is 48.3. The lowest BCUT2D eigenvalue weighted by molar-refractivity contribution is 0.469. The van der Waals surface area contributed by atoms with Crippen molar-refractivity contribution in [3.05, 3.63) is 0 Å². The van der Waals surface area contributed by atoms with Gasteiger partial charge in [-0.2, -0.15) is 0 Å². The zero-order chi connectivity index (χ0) is 9.35. The van der Waals surface area contributed by atoms with E-state index in [1.807, 2.05) is 6.66 Å². The third-order valence-electron chi connectivity index (χ3n) is 2.32. The summed E-state index contributed by atoms with van der Waals surface area (Å²) in [6, 6.07) is 0. The largest absolute Gasteiger partial charge is 0.312 e. The Morgan fingerprint density at radius 3 is 2.58 bits per heavy atom. The SMILES string of the molecule is C#CC1C(C)CP(C)(=O)SC1C. The van der Waals surface area contributed by atoms with Crippen molar-refractivity contribution in [3.8, 4) is 12.3 Å². The van der Waals surface area contributed by atoms with Crippen LogP contribution in [0.1, 0.15) is 13.8 Å². The van der Waals surface area contributed by atoms with Crippen molar-refractivity contribution in [2.24, 2.45) is 11.8 Å². The highest BCUT2D eigenvalue weighted by molar-refractivity contribution is 8.58. The first-order valence-corrected chi connectivity index (χ1v) is 8.00. The molecule has 1 nitrogen and oxygen atoms in total. The fourth-order valence-electron chi connectivity index (χ4n) is 1.86. The topological polar surface area (TPSA) is 17.1 Å². The zero-order valence-electron chi connectivity index (χ0n) is 7.78. The molecule has 3 heteroatoms. The molecule has 0 N–H and O–H groups in total. The van der Waals surface area contributed by atoms with Gasteiger partial charge in [0.15, 0.2) is 0 Å². The quantitative estimate of drug-likeness (QED) is 0.444. The molecular weight excluding hydrogens is 187 g/mol. The van der Waals surface area contributed by atoms with Gasteiger partial charge in [-0.05, 0) is 12.6 Å². The van der Waals surface area contributed by atoms with Crippen molar-refractivity contribution in [2.45, 2.75) is 19.1 Å². The minimum atomic E-state index is -1.93. The molecule has 1 saturated heterocycles. The summed E-state index contributed by atoms with van der Waals surface area (Å²) in [4.78, 5) is 0. The van der Waals surface area contributed by atoms with Crippen molar-refractivity contribution < 1.29 is 4.57 Å². The average Bonchev–Trinajstić information content (AvgIpc) is 1.82. The van der Waals surface area contributed by atoms with E-state index in [0.29, 0.717) is 17.1 Å². The molecule has 0 aromatic rings. The van der Waals surface area contributed by atoms with Crippen LogP contribution in [-0.4, -0.2) is 18.1 Å². The second-order valence-electron chi connectivity index (χ2n) is 3.68. The molecule has 0 bridgehead atoms. The van der Waals surface area contributed by atoms with Gasteiger partial charge in [0.05, 0.1) is 0 Å². The van der Waals surface area contributed by atoms with Crippen LogP contribution in [0, 0.1) is 24.2 Å². The second kappa shape index (κ2) is 3.48. The highest BCUT2D eigenvalue weighted by Crippen LogP contribution is 2.63. The molecule has 0 aromatic carbocycles. The van der Waals surface area contributed by atoms with E-state index in [2.05, 4.69) is 19.8 Å². The Labute approximate surface area is 78.8 Å². The molecule has 1 heterocycles. The fraction of sp³-hybridized carbons (Fsp3) is 0.778. The number of hydrogen-bond acceptors (Lipinski definition) is 2. The van der Waals surface area contributed by atoms with Crippen LogP contribution in [0.4, 0.5) is 0 Å². The van der Waals surface area contributed by atoms with Gasteiger partial charge in [0.25, 0.3) is 0 Å². The predicted molar refractivity (Wildman–Crippen MR) is 56.9 cm³/mol. The lowest BCUT2D eigenvalue weighted by Crippen LogP contribution is -2.26. The highest BCUT2D eigenvalue weighted by atomic mass is 32.7. The maximum Gasteiger partial charge on any atom is 0.136 e. The van der Waals surface area contributed by atoms with Gasteiger partial charge >= 0.3 is 0 Å². The Hall–Kier alpha value is 0.140. The number of hydrogen-bond donors (Lipinski definition) is 0. The molecule has 12 heavy (non-hydrogen) atoms. The molecule has 1 aliphatic rings. The Morgan fingerprint density at radius 1 is 1.58 bits per heavy atom. The number of terminal acetylenes is 1. The minimum absolute atomic E-state index is 0.303. The molecule has 0 saturated carbocycles. The van der Waals surface area contributed by atoms with Gasteiger partial charge in [-0.15, -0.1) is 12.3 Å². The van der Waals surface area contributed by atoms with Crippen LogP contribution in [0.5, 0.6) is 0 Å². The van der Waals surface area contributed by atoms with Gasteiger partial charge < -0.3 is 4.57 Å². The van der Waals surface area contributed by atoms with Crippen molar-refractivity contribution in [2.75, 3.05) is 12.8 Å². The summed E-state index contributed by atoms with van der Waals surface area (Å²) in [6.07, 6.45) is 4.29. The first-order chi connectivity index (χ1) is 5.46. The Morgan fingerprint density at radius 2 is 2.17 bits per heavy atom. The van der Waals surface area contributed by atoms with Crippen molar-refractivity contribution >= 4 is 17.7 Å². The molecule has 1 aliphatic heterocycles. The molecule has 1 rings (SSSR count). The Bertz CT molecular complexity index is 240. The third-order valence-corrected chi connectivity index (χ3v) is 7.41. The van der Waals surface area contributed by atoms with E-state index in [1.165, 1.54) is 0 Å². The average molecular weight is 202 g/mol. The van der Waals surface area contributed by atoms with Crippen LogP contribution in [0.3, 0.4) is 0 Å². The Kier molecular flexibility index (Phi) is 2.97. The first-order valence-electron chi connectivity index (χ1n) is 4.17. The molecule has 0 amide bonds. The Balaban J connectivity index is 2.79. The molecule has 0 radical (unpaired) electrons. The highest BCUT2D eigenvalue weighted by Gasteiger charge is 2.36. The fourth-order valence-corrected chi connectivity index (χ4v) is 7.87. The van der Waals surface area contributed by atoms with Crippen LogP contribution in [0.25, 0.3) is 0 Å². The van der Waals surface area contributed by atoms with Crippen molar-refractivity contribution in [1.29, 1.82) is 0 Å². The maximum absolute atomic E-state index is 11.8. The standard InChI is InChI=1S/C9H15OPS/c1-5-9-7(2)6-11(4,10)12-8(9)3/h1,7-9H,6H2,2-4H3. The van der Waals surface area contributed by atoms with Gasteiger partial charge in [-0.1, -0.05) is 25.2 Å². The van der Waals surface area contributed by atoms with Crippen LogP contribution in [0.15, 0.2) is 0 Å². The van der Waals surface area contributed by atoms with Gasteiger partial charge in [0, 0.05) is 17.3 Å². The molecule has 0 aromatic heterocycles. The van der Waals surface area contributed by atoms with E-state index in [-0.39, 0.29) is 0 Å². The van der Waals surface area contributed by atoms with E-state index < -0.39 is 6.34 Å². The van der Waals surface area contributed by atoms with E-state index >= 15 is 0 Å². The van der Waals surface area contributed by atoms with E-state index in [9.17, 15) is 4.57 Å².